The molecule has 0 bridgehead atoms. The molecule has 0 unspecified atom stereocenters. The average Bonchev–Trinajstić information content (AvgIpc) is 2.61. The van der Waals surface area contributed by atoms with Gasteiger partial charge in [-0.25, -0.2) is 0 Å². The van der Waals surface area contributed by atoms with E-state index >= 15 is 0 Å². The lowest BCUT2D eigenvalue weighted by molar-refractivity contribution is 0.414. The van der Waals surface area contributed by atoms with Gasteiger partial charge in [0.05, 0.1) is 32.0 Å². The Morgan fingerprint density at radius 1 is 0.958 bits per heavy atom. The molecule has 1 aromatic heterocycles. The number of azo groups is 1. The summed E-state index contributed by atoms with van der Waals surface area (Å²) in [5.74, 6) is 1.59. The highest BCUT2D eigenvalue weighted by atomic mass is 16.5. The minimum atomic E-state index is 0.490. The van der Waals surface area contributed by atoms with E-state index in [4.69, 9.17) is 9.47 Å². The van der Waals surface area contributed by atoms with Crippen molar-refractivity contribution in [3.63, 3.8) is 0 Å². The zero-order valence-corrected chi connectivity index (χ0v) is 14.0. The van der Waals surface area contributed by atoms with Gasteiger partial charge in [-0.05, 0) is 48.9 Å². The molecule has 0 atom stereocenters. The van der Waals surface area contributed by atoms with Gasteiger partial charge in [-0.2, -0.15) is 10.2 Å². The number of ether oxygens (including phenoxy) is 2. The number of hydrogen-bond donors (Lipinski definition) is 0. The highest BCUT2D eigenvalue weighted by Crippen LogP contribution is 2.29. The first-order chi connectivity index (χ1) is 11.7. The largest absolute Gasteiger partial charge is 0.497 e. The van der Waals surface area contributed by atoms with Crippen molar-refractivity contribution >= 4 is 16.6 Å². The number of benzene rings is 2. The van der Waals surface area contributed by atoms with Gasteiger partial charge < -0.3 is 9.47 Å². The number of rotatable bonds is 5. The van der Waals surface area contributed by atoms with E-state index < -0.39 is 0 Å². The van der Waals surface area contributed by atoms with E-state index in [1.807, 2.05) is 55.5 Å². The Morgan fingerprint density at radius 2 is 1.75 bits per heavy atom. The Balaban J connectivity index is 1.90. The molecule has 0 aliphatic rings. The van der Waals surface area contributed by atoms with Crippen LogP contribution < -0.4 is 9.47 Å². The number of aromatic nitrogens is 1. The Bertz CT molecular complexity index is 891. The van der Waals surface area contributed by atoms with Crippen molar-refractivity contribution in [3.05, 3.63) is 59.8 Å². The maximum absolute atomic E-state index is 5.29. The van der Waals surface area contributed by atoms with E-state index in [1.54, 1.807) is 14.2 Å². The van der Waals surface area contributed by atoms with Crippen LogP contribution in [0.1, 0.15) is 11.3 Å². The standard InChI is InChI=1S/C19H19N3O2/c1-13-9-19(17-11-16(24-3)7-8-18(17)21-13)22-20-12-14-5-4-6-15(10-14)23-2/h4-11H,12H2,1-3H3. The fraction of sp³-hybridized carbons (Fsp3) is 0.211. The smallest absolute Gasteiger partial charge is 0.119 e. The van der Waals surface area contributed by atoms with Crippen LogP contribution in [0.3, 0.4) is 0 Å². The molecule has 0 spiro atoms. The highest BCUT2D eigenvalue weighted by molar-refractivity contribution is 5.90. The Hall–Kier alpha value is -2.95. The molecule has 0 aliphatic heterocycles. The molecule has 5 heteroatoms. The predicted molar refractivity (Wildman–Crippen MR) is 94.2 cm³/mol. The van der Waals surface area contributed by atoms with Crippen LogP contribution in [0, 0.1) is 6.92 Å². The highest BCUT2D eigenvalue weighted by Gasteiger charge is 2.05. The van der Waals surface area contributed by atoms with Crippen molar-refractivity contribution in [2.75, 3.05) is 14.2 Å². The normalized spacial score (nSPS) is 11.1. The van der Waals surface area contributed by atoms with Gasteiger partial charge in [0, 0.05) is 11.1 Å². The fourth-order valence-corrected chi connectivity index (χ4v) is 2.49. The van der Waals surface area contributed by atoms with E-state index in [-0.39, 0.29) is 0 Å². The molecule has 0 fully saturated rings. The first kappa shape index (κ1) is 15.9. The molecule has 0 N–H and O–H groups in total. The summed E-state index contributed by atoms with van der Waals surface area (Å²) in [7, 11) is 3.30. The lowest BCUT2D eigenvalue weighted by Gasteiger charge is -2.06. The molecular weight excluding hydrogens is 302 g/mol. The maximum Gasteiger partial charge on any atom is 0.119 e. The van der Waals surface area contributed by atoms with Gasteiger partial charge in [0.1, 0.15) is 11.5 Å². The minimum absolute atomic E-state index is 0.490. The van der Waals surface area contributed by atoms with E-state index in [0.717, 1.165) is 39.3 Å². The minimum Gasteiger partial charge on any atom is -0.497 e. The first-order valence-corrected chi connectivity index (χ1v) is 7.65. The quantitative estimate of drug-likeness (QED) is 0.632. The number of pyridine rings is 1. The summed E-state index contributed by atoms with van der Waals surface area (Å²) in [4.78, 5) is 4.53. The van der Waals surface area contributed by atoms with Crippen molar-refractivity contribution in [2.24, 2.45) is 10.2 Å². The van der Waals surface area contributed by atoms with Crippen LogP contribution in [-0.4, -0.2) is 19.2 Å². The zero-order chi connectivity index (χ0) is 16.9. The van der Waals surface area contributed by atoms with Crippen LogP contribution >= 0.6 is 0 Å². The lowest BCUT2D eigenvalue weighted by atomic mass is 10.1. The molecule has 2 aromatic carbocycles. The molecule has 0 saturated carbocycles. The van der Waals surface area contributed by atoms with E-state index in [9.17, 15) is 0 Å². The lowest BCUT2D eigenvalue weighted by Crippen LogP contribution is -1.87. The maximum atomic E-state index is 5.29. The summed E-state index contributed by atoms with van der Waals surface area (Å²) in [6.07, 6.45) is 0. The third-order valence-electron chi connectivity index (χ3n) is 3.69. The van der Waals surface area contributed by atoms with E-state index in [1.165, 1.54) is 0 Å². The number of methoxy groups -OCH3 is 2. The van der Waals surface area contributed by atoms with Crippen LogP contribution in [0.5, 0.6) is 11.5 Å². The number of nitrogens with zero attached hydrogens (tertiary/aromatic N) is 3. The second-order valence-electron chi connectivity index (χ2n) is 5.42. The third-order valence-corrected chi connectivity index (χ3v) is 3.69. The third kappa shape index (κ3) is 3.51. The average molecular weight is 321 g/mol. The van der Waals surface area contributed by atoms with Crippen LogP contribution in [0.2, 0.25) is 0 Å². The molecule has 0 radical (unpaired) electrons. The van der Waals surface area contributed by atoms with Crippen molar-refractivity contribution < 1.29 is 9.47 Å². The fourth-order valence-electron chi connectivity index (χ4n) is 2.49. The van der Waals surface area contributed by atoms with E-state index in [2.05, 4.69) is 15.2 Å². The van der Waals surface area contributed by atoms with Gasteiger partial charge >= 0.3 is 0 Å². The second-order valence-corrected chi connectivity index (χ2v) is 5.42. The molecule has 122 valence electrons. The Kier molecular flexibility index (Phi) is 4.70. The molecule has 0 saturated heterocycles. The van der Waals surface area contributed by atoms with E-state index in [0.29, 0.717) is 6.54 Å². The summed E-state index contributed by atoms with van der Waals surface area (Å²) in [5.41, 5.74) is 3.62. The summed E-state index contributed by atoms with van der Waals surface area (Å²) in [6, 6.07) is 15.5. The summed E-state index contributed by atoms with van der Waals surface area (Å²) >= 11 is 0. The Morgan fingerprint density at radius 3 is 2.54 bits per heavy atom. The summed E-state index contributed by atoms with van der Waals surface area (Å²) in [6.45, 7) is 2.44. The van der Waals surface area contributed by atoms with Crippen molar-refractivity contribution in [1.29, 1.82) is 0 Å². The monoisotopic (exact) mass is 321 g/mol. The van der Waals surface area contributed by atoms with Crippen LogP contribution in [0.15, 0.2) is 58.8 Å². The Labute approximate surface area is 141 Å². The SMILES string of the molecule is COc1cccc(CN=Nc2cc(C)nc3ccc(OC)cc23)c1. The zero-order valence-electron chi connectivity index (χ0n) is 14.0. The van der Waals surface area contributed by atoms with Gasteiger partial charge in [0.25, 0.3) is 0 Å². The van der Waals surface area contributed by atoms with Gasteiger partial charge in [0.2, 0.25) is 0 Å². The van der Waals surface area contributed by atoms with Crippen LogP contribution in [-0.2, 0) is 6.54 Å². The predicted octanol–water partition coefficient (Wildman–Crippen LogP) is 4.84. The van der Waals surface area contributed by atoms with Crippen LogP contribution in [0.4, 0.5) is 5.69 Å². The molecule has 24 heavy (non-hydrogen) atoms. The molecule has 5 nitrogen and oxygen atoms in total. The second kappa shape index (κ2) is 7.08. The molecule has 1 heterocycles. The summed E-state index contributed by atoms with van der Waals surface area (Å²) in [5, 5.41) is 9.67. The molecule has 3 aromatic rings. The van der Waals surface area contributed by atoms with Crippen molar-refractivity contribution in [2.45, 2.75) is 13.5 Å². The number of aryl methyl sites for hydroxylation is 1. The summed E-state index contributed by atoms with van der Waals surface area (Å²) < 4.78 is 10.5. The van der Waals surface area contributed by atoms with Gasteiger partial charge in [0.15, 0.2) is 0 Å². The number of fused-ring (bicyclic) bond motifs is 1. The number of hydrogen-bond acceptors (Lipinski definition) is 5. The van der Waals surface area contributed by atoms with Gasteiger partial charge in [-0.1, -0.05) is 12.1 Å². The van der Waals surface area contributed by atoms with Crippen molar-refractivity contribution in [3.8, 4) is 11.5 Å². The van der Waals surface area contributed by atoms with Gasteiger partial charge in [-0.3, -0.25) is 4.98 Å². The molecule has 0 aliphatic carbocycles. The van der Waals surface area contributed by atoms with Gasteiger partial charge in [-0.15, -0.1) is 0 Å². The van der Waals surface area contributed by atoms with Crippen LogP contribution in [0.25, 0.3) is 10.9 Å². The molecular formula is C19H19N3O2. The molecule has 0 amide bonds. The first-order valence-electron chi connectivity index (χ1n) is 7.65. The molecule has 3 rings (SSSR count). The topological polar surface area (TPSA) is 56.1 Å². The van der Waals surface area contributed by atoms with Crippen molar-refractivity contribution in [1.82, 2.24) is 4.98 Å².